The van der Waals surface area contributed by atoms with Crippen molar-refractivity contribution in [1.29, 1.82) is 0 Å². The van der Waals surface area contributed by atoms with Crippen LogP contribution in [0.3, 0.4) is 0 Å². The number of H-pyrrole nitrogens is 1. The summed E-state index contributed by atoms with van der Waals surface area (Å²) in [5.41, 5.74) is 0.862. The van der Waals surface area contributed by atoms with Crippen LogP contribution < -0.4 is 10.2 Å². The van der Waals surface area contributed by atoms with E-state index in [0.29, 0.717) is 12.5 Å². The Bertz CT molecular complexity index is 709. The molecular weight excluding hydrogens is 292 g/mol. The molecule has 0 aliphatic carbocycles. The van der Waals surface area contributed by atoms with Crippen molar-refractivity contribution in [1.82, 2.24) is 25.2 Å². The van der Waals surface area contributed by atoms with Crippen molar-refractivity contribution in [2.24, 2.45) is 0 Å². The van der Waals surface area contributed by atoms with E-state index in [1.165, 1.54) is 0 Å². The molecule has 2 fully saturated rings. The maximum Gasteiger partial charge on any atom is 0.224 e. The minimum atomic E-state index is 0.237. The molecule has 7 heteroatoms. The van der Waals surface area contributed by atoms with Crippen LogP contribution in [0.15, 0.2) is 18.6 Å². The summed E-state index contributed by atoms with van der Waals surface area (Å²) >= 11 is 0. The third-order valence-electron chi connectivity index (χ3n) is 4.88. The second-order valence-corrected chi connectivity index (χ2v) is 6.49. The predicted molar refractivity (Wildman–Crippen MR) is 88.3 cm³/mol. The quantitative estimate of drug-likeness (QED) is 0.813. The average molecular weight is 314 g/mol. The Balaban J connectivity index is 1.50. The van der Waals surface area contributed by atoms with Crippen LogP contribution in [0.2, 0.25) is 0 Å². The molecule has 2 atom stereocenters. The molecule has 1 amide bonds. The molecule has 122 valence electrons. The number of aromatic nitrogens is 3. The second-order valence-electron chi connectivity index (χ2n) is 6.49. The fraction of sp³-hybridized carbons (Fsp3) is 0.562. The summed E-state index contributed by atoms with van der Waals surface area (Å²) in [6, 6.07) is 2.66. The SMILES string of the molecule is CN(C(=O)C[C@H]1CN1)[C@@H]1CCCN(c2ncnc3[nH]ccc23)C1. The van der Waals surface area contributed by atoms with Gasteiger partial charge in [0.15, 0.2) is 0 Å². The highest BCUT2D eigenvalue weighted by atomic mass is 16.2. The summed E-state index contributed by atoms with van der Waals surface area (Å²) in [7, 11) is 1.94. The molecule has 0 unspecified atom stereocenters. The van der Waals surface area contributed by atoms with Crippen LogP contribution in [0, 0.1) is 0 Å². The second kappa shape index (κ2) is 5.81. The Labute approximate surface area is 135 Å². The van der Waals surface area contributed by atoms with E-state index in [-0.39, 0.29) is 11.9 Å². The Kier molecular flexibility index (Phi) is 3.65. The number of piperidine rings is 1. The lowest BCUT2D eigenvalue weighted by molar-refractivity contribution is -0.132. The molecular formula is C16H22N6O. The van der Waals surface area contributed by atoms with Crippen LogP contribution in [0.1, 0.15) is 19.3 Å². The summed E-state index contributed by atoms with van der Waals surface area (Å²) in [5.74, 6) is 1.20. The van der Waals surface area contributed by atoms with E-state index in [2.05, 4.69) is 25.2 Å². The molecule has 2 aromatic heterocycles. The number of aromatic amines is 1. The van der Waals surface area contributed by atoms with Gasteiger partial charge in [0.05, 0.1) is 5.39 Å². The van der Waals surface area contributed by atoms with E-state index in [1.807, 2.05) is 24.2 Å². The van der Waals surface area contributed by atoms with Crippen molar-refractivity contribution in [3.05, 3.63) is 18.6 Å². The average Bonchev–Trinajstić information content (AvgIpc) is 3.26. The molecule has 2 aromatic rings. The fourth-order valence-corrected chi connectivity index (χ4v) is 3.36. The van der Waals surface area contributed by atoms with Gasteiger partial charge in [0.25, 0.3) is 0 Å². The lowest BCUT2D eigenvalue weighted by Gasteiger charge is -2.38. The number of nitrogens with one attached hydrogen (secondary N) is 2. The van der Waals surface area contributed by atoms with Crippen molar-refractivity contribution in [2.75, 3.05) is 31.6 Å². The molecule has 4 rings (SSSR count). The van der Waals surface area contributed by atoms with Crippen molar-refractivity contribution in [2.45, 2.75) is 31.3 Å². The van der Waals surface area contributed by atoms with Gasteiger partial charge < -0.3 is 20.1 Å². The third kappa shape index (κ3) is 2.88. The van der Waals surface area contributed by atoms with E-state index in [0.717, 1.165) is 49.3 Å². The number of likely N-dealkylation sites (N-methyl/N-ethyl adjacent to an activating group) is 1. The van der Waals surface area contributed by atoms with E-state index in [4.69, 9.17) is 0 Å². The van der Waals surface area contributed by atoms with E-state index in [9.17, 15) is 4.79 Å². The Hall–Kier alpha value is -2.15. The topological polar surface area (TPSA) is 87.1 Å². The number of anilines is 1. The zero-order chi connectivity index (χ0) is 15.8. The highest BCUT2D eigenvalue weighted by molar-refractivity contribution is 5.87. The van der Waals surface area contributed by atoms with Gasteiger partial charge in [-0.1, -0.05) is 0 Å². The number of fused-ring (bicyclic) bond motifs is 1. The van der Waals surface area contributed by atoms with E-state index in [1.54, 1.807) is 6.33 Å². The van der Waals surface area contributed by atoms with Gasteiger partial charge in [-0.25, -0.2) is 9.97 Å². The van der Waals surface area contributed by atoms with Gasteiger partial charge in [0.1, 0.15) is 17.8 Å². The minimum Gasteiger partial charge on any atom is -0.354 e. The lowest BCUT2D eigenvalue weighted by atomic mass is 10.0. The first-order valence-electron chi connectivity index (χ1n) is 8.24. The largest absolute Gasteiger partial charge is 0.354 e. The number of amides is 1. The van der Waals surface area contributed by atoms with Crippen LogP contribution in [0.25, 0.3) is 11.0 Å². The molecule has 2 aliphatic rings. The van der Waals surface area contributed by atoms with Crippen molar-refractivity contribution >= 4 is 22.8 Å². The van der Waals surface area contributed by atoms with Crippen LogP contribution in [0.5, 0.6) is 0 Å². The molecule has 0 saturated carbocycles. The first-order valence-corrected chi connectivity index (χ1v) is 8.24. The molecule has 0 radical (unpaired) electrons. The minimum absolute atomic E-state index is 0.237. The third-order valence-corrected chi connectivity index (χ3v) is 4.88. The van der Waals surface area contributed by atoms with Crippen LogP contribution in [0.4, 0.5) is 5.82 Å². The smallest absolute Gasteiger partial charge is 0.224 e. The van der Waals surface area contributed by atoms with Crippen molar-refractivity contribution in [3.8, 4) is 0 Å². The van der Waals surface area contributed by atoms with Gasteiger partial charge in [-0.15, -0.1) is 0 Å². The number of carbonyl (C=O) groups is 1. The van der Waals surface area contributed by atoms with Crippen molar-refractivity contribution in [3.63, 3.8) is 0 Å². The number of rotatable bonds is 4. The standard InChI is InChI=1S/C16H22N6O/c1-21(14(23)7-11-8-18-11)12-3-2-6-22(9-12)16-13-4-5-17-15(13)19-10-20-16/h4-5,10-12,18H,2-3,6-9H2,1H3,(H,17,19,20)/t11-,12+/m0/s1. The maximum atomic E-state index is 12.3. The molecule has 0 aromatic carbocycles. The van der Waals surface area contributed by atoms with Crippen molar-refractivity contribution < 1.29 is 4.79 Å². The number of carbonyl (C=O) groups excluding carboxylic acids is 1. The van der Waals surface area contributed by atoms with Gasteiger partial charge in [-0.05, 0) is 18.9 Å². The number of hydrogen-bond donors (Lipinski definition) is 2. The first kappa shape index (κ1) is 14.4. The summed E-state index contributed by atoms with van der Waals surface area (Å²) in [6.07, 6.45) is 6.23. The van der Waals surface area contributed by atoms with Gasteiger partial charge in [-0.3, -0.25) is 4.79 Å². The molecule has 2 saturated heterocycles. The molecule has 2 aliphatic heterocycles. The van der Waals surface area contributed by atoms with E-state index >= 15 is 0 Å². The lowest BCUT2D eigenvalue weighted by Crippen LogP contribution is -2.49. The van der Waals surface area contributed by atoms with E-state index < -0.39 is 0 Å². The van der Waals surface area contributed by atoms with Gasteiger partial charge in [0.2, 0.25) is 5.91 Å². The van der Waals surface area contributed by atoms with Gasteiger partial charge in [-0.2, -0.15) is 0 Å². The highest BCUT2D eigenvalue weighted by Crippen LogP contribution is 2.26. The molecule has 2 N–H and O–H groups in total. The number of nitrogens with zero attached hydrogens (tertiary/aromatic N) is 4. The zero-order valence-electron chi connectivity index (χ0n) is 13.3. The highest BCUT2D eigenvalue weighted by Gasteiger charge is 2.30. The summed E-state index contributed by atoms with van der Waals surface area (Å²) < 4.78 is 0. The van der Waals surface area contributed by atoms with Gasteiger partial charge >= 0.3 is 0 Å². The molecule has 23 heavy (non-hydrogen) atoms. The Morgan fingerprint density at radius 2 is 2.35 bits per heavy atom. The molecule has 7 nitrogen and oxygen atoms in total. The first-order chi connectivity index (χ1) is 11.2. The van der Waals surface area contributed by atoms with Crippen LogP contribution >= 0.6 is 0 Å². The summed E-state index contributed by atoms with van der Waals surface area (Å²) in [4.78, 5) is 28.4. The summed E-state index contributed by atoms with van der Waals surface area (Å²) in [5, 5.41) is 4.24. The Morgan fingerprint density at radius 1 is 1.48 bits per heavy atom. The normalized spacial score (nSPS) is 24.0. The monoisotopic (exact) mass is 314 g/mol. The Morgan fingerprint density at radius 3 is 3.17 bits per heavy atom. The van der Waals surface area contributed by atoms with Gasteiger partial charge in [0, 0.05) is 51.4 Å². The van der Waals surface area contributed by atoms with Crippen LogP contribution in [-0.4, -0.2) is 64.5 Å². The number of hydrogen-bond acceptors (Lipinski definition) is 5. The summed E-state index contributed by atoms with van der Waals surface area (Å²) in [6.45, 7) is 2.78. The predicted octanol–water partition coefficient (Wildman–Crippen LogP) is 0.747. The fourth-order valence-electron chi connectivity index (χ4n) is 3.36. The molecule has 0 bridgehead atoms. The molecule has 0 spiro atoms. The zero-order valence-corrected chi connectivity index (χ0v) is 13.3. The maximum absolute atomic E-state index is 12.3. The van der Waals surface area contributed by atoms with Crippen LogP contribution in [-0.2, 0) is 4.79 Å². The molecule has 4 heterocycles.